The summed E-state index contributed by atoms with van der Waals surface area (Å²) in [6.07, 6.45) is 4.52. The molecule has 128 valence electrons. The molecule has 0 radical (unpaired) electrons. The van der Waals surface area contributed by atoms with Crippen LogP contribution in [0.2, 0.25) is 0 Å². The van der Waals surface area contributed by atoms with Gasteiger partial charge in [0.05, 0.1) is 0 Å². The third-order valence-electron chi connectivity index (χ3n) is 4.06. The maximum atomic E-state index is 12.2. The third kappa shape index (κ3) is 4.17. The second-order valence-corrected chi connectivity index (χ2v) is 6.49. The van der Waals surface area contributed by atoms with Gasteiger partial charge in [-0.1, -0.05) is 19.0 Å². The van der Waals surface area contributed by atoms with Crippen molar-refractivity contribution >= 4 is 5.91 Å². The van der Waals surface area contributed by atoms with Crippen molar-refractivity contribution in [3.8, 4) is 11.4 Å². The SMILES string of the molecule is C[C@@H]1C[C@@H](C)CN(C(=O)COCc2nc(-c3cccnc3)no2)C1. The van der Waals surface area contributed by atoms with Gasteiger partial charge in [0.25, 0.3) is 5.89 Å². The molecular weight excluding hydrogens is 308 g/mol. The first-order valence-corrected chi connectivity index (χ1v) is 8.20. The van der Waals surface area contributed by atoms with Gasteiger partial charge in [0, 0.05) is 31.0 Å². The summed E-state index contributed by atoms with van der Waals surface area (Å²) in [5.74, 6) is 1.90. The van der Waals surface area contributed by atoms with Crippen LogP contribution in [0.15, 0.2) is 29.0 Å². The average molecular weight is 330 g/mol. The number of carbonyl (C=O) groups is 1. The Labute approximate surface area is 141 Å². The molecule has 0 aliphatic carbocycles. The Bertz CT molecular complexity index is 663. The average Bonchev–Trinajstić information content (AvgIpc) is 3.03. The lowest BCUT2D eigenvalue weighted by Crippen LogP contribution is -2.44. The molecule has 2 aromatic heterocycles. The zero-order chi connectivity index (χ0) is 16.9. The van der Waals surface area contributed by atoms with E-state index in [1.807, 2.05) is 11.0 Å². The van der Waals surface area contributed by atoms with Gasteiger partial charge in [0.2, 0.25) is 11.7 Å². The van der Waals surface area contributed by atoms with Crippen LogP contribution in [0.4, 0.5) is 0 Å². The van der Waals surface area contributed by atoms with Crippen molar-refractivity contribution in [3.05, 3.63) is 30.4 Å². The molecule has 1 aliphatic heterocycles. The van der Waals surface area contributed by atoms with Crippen molar-refractivity contribution in [1.29, 1.82) is 0 Å². The van der Waals surface area contributed by atoms with Gasteiger partial charge in [-0.2, -0.15) is 4.98 Å². The molecule has 24 heavy (non-hydrogen) atoms. The zero-order valence-corrected chi connectivity index (χ0v) is 14.0. The van der Waals surface area contributed by atoms with Crippen molar-refractivity contribution in [2.45, 2.75) is 26.9 Å². The normalized spacial score (nSPS) is 21.0. The maximum absolute atomic E-state index is 12.2. The second kappa shape index (κ2) is 7.53. The van der Waals surface area contributed by atoms with Gasteiger partial charge in [0.15, 0.2) is 0 Å². The molecule has 0 bridgehead atoms. The van der Waals surface area contributed by atoms with Crippen LogP contribution < -0.4 is 0 Å². The summed E-state index contributed by atoms with van der Waals surface area (Å²) in [7, 11) is 0. The molecule has 3 rings (SSSR count). The fourth-order valence-electron chi connectivity index (χ4n) is 3.11. The van der Waals surface area contributed by atoms with Crippen LogP contribution in [0.3, 0.4) is 0 Å². The number of amides is 1. The van der Waals surface area contributed by atoms with Gasteiger partial charge in [0.1, 0.15) is 13.2 Å². The van der Waals surface area contributed by atoms with Gasteiger partial charge in [-0.15, -0.1) is 0 Å². The molecule has 1 aliphatic rings. The van der Waals surface area contributed by atoms with Crippen molar-refractivity contribution in [3.63, 3.8) is 0 Å². The zero-order valence-electron chi connectivity index (χ0n) is 14.0. The number of nitrogens with zero attached hydrogens (tertiary/aromatic N) is 4. The molecule has 0 unspecified atom stereocenters. The number of piperidine rings is 1. The summed E-state index contributed by atoms with van der Waals surface area (Å²) < 4.78 is 10.6. The van der Waals surface area contributed by atoms with E-state index in [1.165, 1.54) is 6.42 Å². The highest BCUT2D eigenvalue weighted by atomic mass is 16.5. The minimum atomic E-state index is 0.0143. The minimum absolute atomic E-state index is 0.0143. The quantitative estimate of drug-likeness (QED) is 0.835. The molecule has 7 nitrogen and oxygen atoms in total. The van der Waals surface area contributed by atoms with E-state index >= 15 is 0 Å². The van der Waals surface area contributed by atoms with E-state index in [2.05, 4.69) is 29.0 Å². The van der Waals surface area contributed by atoms with Crippen molar-refractivity contribution in [2.75, 3.05) is 19.7 Å². The summed E-state index contributed by atoms with van der Waals surface area (Å²) in [5.41, 5.74) is 0.778. The molecule has 2 atom stereocenters. The fraction of sp³-hybridized carbons (Fsp3) is 0.529. The van der Waals surface area contributed by atoms with Crippen molar-refractivity contribution < 1.29 is 14.1 Å². The monoisotopic (exact) mass is 330 g/mol. The number of hydrogen-bond acceptors (Lipinski definition) is 6. The molecule has 1 amide bonds. The number of hydrogen-bond donors (Lipinski definition) is 0. The summed E-state index contributed by atoms with van der Waals surface area (Å²) in [6.45, 7) is 6.11. The van der Waals surface area contributed by atoms with E-state index < -0.39 is 0 Å². The molecular formula is C17H22N4O3. The molecule has 7 heteroatoms. The highest BCUT2D eigenvalue weighted by Crippen LogP contribution is 2.21. The van der Waals surface area contributed by atoms with Gasteiger partial charge in [-0.05, 0) is 30.4 Å². The van der Waals surface area contributed by atoms with Crippen molar-refractivity contribution in [2.24, 2.45) is 11.8 Å². The van der Waals surface area contributed by atoms with Crippen LogP contribution in [0.25, 0.3) is 11.4 Å². The first kappa shape index (κ1) is 16.6. The van der Waals surface area contributed by atoms with Gasteiger partial charge in [-0.3, -0.25) is 9.78 Å². The Hall–Kier alpha value is -2.28. The number of carbonyl (C=O) groups excluding carboxylic acids is 1. The van der Waals surface area contributed by atoms with E-state index in [1.54, 1.807) is 18.5 Å². The minimum Gasteiger partial charge on any atom is -0.362 e. The first-order valence-electron chi connectivity index (χ1n) is 8.20. The Morgan fingerprint density at radius 1 is 1.38 bits per heavy atom. The lowest BCUT2D eigenvalue weighted by Gasteiger charge is -2.34. The highest BCUT2D eigenvalue weighted by Gasteiger charge is 2.25. The maximum Gasteiger partial charge on any atom is 0.252 e. The number of likely N-dealkylation sites (tertiary alicyclic amines) is 1. The molecule has 1 fully saturated rings. The Morgan fingerprint density at radius 3 is 2.88 bits per heavy atom. The standard InChI is InChI=1S/C17H22N4O3/c1-12-6-13(2)9-21(8-12)16(22)11-23-10-15-19-17(20-24-15)14-4-3-5-18-7-14/h3-5,7,12-13H,6,8-11H2,1-2H3/t12-,13-/m1/s1. The molecule has 3 heterocycles. The largest absolute Gasteiger partial charge is 0.362 e. The smallest absolute Gasteiger partial charge is 0.252 e. The number of rotatable bonds is 5. The summed E-state index contributed by atoms with van der Waals surface area (Å²) >= 11 is 0. The van der Waals surface area contributed by atoms with E-state index in [4.69, 9.17) is 9.26 Å². The molecule has 0 spiro atoms. The van der Waals surface area contributed by atoms with Gasteiger partial charge < -0.3 is 14.2 Å². The van der Waals surface area contributed by atoms with Crippen LogP contribution in [-0.4, -0.2) is 45.6 Å². The highest BCUT2D eigenvalue weighted by molar-refractivity contribution is 5.77. The second-order valence-electron chi connectivity index (χ2n) is 6.49. The van der Waals surface area contributed by atoms with Gasteiger partial charge in [-0.25, -0.2) is 0 Å². The summed E-state index contributed by atoms with van der Waals surface area (Å²) in [4.78, 5) is 22.4. The topological polar surface area (TPSA) is 81.4 Å². The van der Waals surface area contributed by atoms with Crippen LogP contribution >= 0.6 is 0 Å². The Balaban J connectivity index is 1.48. The predicted octanol–water partition coefficient (Wildman–Crippen LogP) is 2.15. The Morgan fingerprint density at radius 2 is 2.17 bits per heavy atom. The van der Waals surface area contributed by atoms with Crippen LogP contribution in [-0.2, 0) is 16.1 Å². The number of pyridine rings is 1. The Kier molecular flexibility index (Phi) is 5.20. The van der Waals surface area contributed by atoms with Crippen LogP contribution in [0.1, 0.15) is 26.2 Å². The van der Waals surface area contributed by atoms with E-state index in [-0.39, 0.29) is 19.1 Å². The lowest BCUT2D eigenvalue weighted by molar-refractivity contribution is -0.139. The third-order valence-corrected chi connectivity index (χ3v) is 4.06. The molecule has 1 saturated heterocycles. The van der Waals surface area contributed by atoms with Gasteiger partial charge >= 0.3 is 0 Å². The van der Waals surface area contributed by atoms with Crippen LogP contribution in [0.5, 0.6) is 0 Å². The summed E-state index contributed by atoms with van der Waals surface area (Å²) in [6, 6.07) is 3.66. The number of aromatic nitrogens is 3. The predicted molar refractivity (Wildman–Crippen MR) is 86.7 cm³/mol. The van der Waals surface area contributed by atoms with E-state index in [0.29, 0.717) is 23.6 Å². The summed E-state index contributed by atoms with van der Waals surface area (Å²) in [5, 5.41) is 3.89. The lowest BCUT2D eigenvalue weighted by atomic mass is 9.92. The molecule has 0 aromatic carbocycles. The molecule has 0 saturated carbocycles. The fourth-order valence-corrected chi connectivity index (χ4v) is 3.11. The van der Waals surface area contributed by atoms with E-state index in [9.17, 15) is 4.79 Å². The van der Waals surface area contributed by atoms with Crippen molar-refractivity contribution in [1.82, 2.24) is 20.0 Å². The molecule has 2 aromatic rings. The van der Waals surface area contributed by atoms with E-state index in [0.717, 1.165) is 18.7 Å². The molecule has 0 N–H and O–H groups in total. The number of ether oxygens (including phenoxy) is 1. The van der Waals surface area contributed by atoms with Crippen LogP contribution in [0, 0.1) is 11.8 Å². The first-order chi connectivity index (χ1) is 11.6.